The molecule has 108 valence electrons. The fourth-order valence-electron chi connectivity index (χ4n) is 2.10. The molecule has 1 atom stereocenters. The molecule has 1 unspecified atom stereocenters. The van der Waals surface area contributed by atoms with Crippen molar-refractivity contribution in [3.05, 3.63) is 57.0 Å². The number of nitrogens with zero attached hydrogens (tertiary/aromatic N) is 2. The normalized spacial score (nSPS) is 12.7. The Morgan fingerprint density at radius 1 is 1.29 bits per heavy atom. The number of halogens is 2. The number of hydrogen-bond acceptors (Lipinski definition) is 3. The van der Waals surface area contributed by atoms with Gasteiger partial charge in [-0.1, -0.05) is 12.1 Å². The van der Waals surface area contributed by atoms with Crippen molar-refractivity contribution in [2.45, 2.75) is 19.5 Å². The standard InChI is InChI=1S/C15H14Br2N4/c1-9(15-20-12-4-2-3-5-13(12)21-15)18-8-14-11(17)6-10(16)7-19-14/h2-7,9,18H,8H2,1H3,(H,20,21). The van der Waals surface area contributed by atoms with Crippen LogP contribution in [-0.2, 0) is 6.54 Å². The number of aromatic nitrogens is 3. The molecule has 0 aliphatic rings. The zero-order chi connectivity index (χ0) is 14.8. The van der Waals surface area contributed by atoms with Crippen molar-refractivity contribution in [2.75, 3.05) is 0 Å². The first kappa shape index (κ1) is 14.7. The molecule has 1 aromatic carbocycles. The molecule has 0 radical (unpaired) electrons. The monoisotopic (exact) mass is 408 g/mol. The number of pyridine rings is 1. The third-order valence-electron chi connectivity index (χ3n) is 3.28. The first-order valence-electron chi connectivity index (χ1n) is 6.61. The number of H-pyrrole nitrogens is 1. The topological polar surface area (TPSA) is 53.6 Å². The van der Waals surface area contributed by atoms with Crippen molar-refractivity contribution in [1.82, 2.24) is 20.3 Å². The van der Waals surface area contributed by atoms with Gasteiger partial charge in [0.25, 0.3) is 0 Å². The Kier molecular flexibility index (Phi) is 4.37. The lowest BCUT2D eigenvalue weighted by Crippen LogP contribution is -2.20. The molecule has 0 aliphatic heterocycles. The molecule has 4 nitrogen and oxygen atoms in total. The van der Waals surface area contributed by atoms with Crippen LogP contribution in [0, 0.1) is 0 Å². The maximum Gasteiger partial charge on any atom is 0.124 e. The molecule has 0 amide bonds. The molecule has 2 heterocycles. The van der Waals surface area contributed by atoms with E-state index >= 15 is 0 Å². The van der Waals surface area contributed by atoms with Crippen LogP contribution in [0.25, 0.3) is 11.0 Å². The Morgan fingerprint density at radius 3 is 2.86 bits per heavy atom. The Balaban J connectivity index is 1.72. The van der Waals surface area contributed by atoms with Crippen LogP contribution < -0.4 is 5.32 Å². The van der Waals surface area contributed by atoms with Gasteiger partial charge in [0.15, 0.2) is 0 Å². The zero-order valence-electron chi connectivity index (χ0n) is 11.4. The van der Waals surface area contributed by atoms with Gasteiger partial charge in [0.05, 0.1) is 22.8 Å². The quantitative estimate of drug-likeness (QED) is 0.674. The Hall–Kier alpha value is -1.24. The van der Waals surface area contributed by atoms with Gasteiger partial charge in [0.1, 0.15) is 5.82 Å². The van der Waals surface area contributed by atoms with Gasteiger partial charge in [-0.15, -0.1) is 0 Å². The van der Waals surface area contributed by atoms with Gasteiger partial charge in [0, 0.05) is 21.7 Å². The average molecular weight is 410 g/mol. The SMILES string of the molecule is CC(NCc1ncc(Br)cc1Br)c1nc2ccccc2[nH]1. The van der Waals surface area contributed by atoms with Crippen molar-refractivity contribution < 1.29 is 0 Å². The van der Waals surface area contributed by atoms with E-state index < -0.39 is 0 Å². The van der Waals surface area contributed by atoms with Crippen molar-refractivity contribution in [1.29, 1.82) is 0 Å². The van der Waals surface area contributed by atoms with E-state index in [4.69, 9.17) is 0 Å². The summed E-state index contributed by atoms with van der Waals surface area (Å²) in [5, 5.41) is 3.43. The molecule has 0 spiro atoms. The van der Waals surface area contributed by atoms with Crippen LogP contribution in [0.4, 0.5) is 0 Å². The number of para-hydroxylation sites is 2. The largest absolute Gasteiger partial charge is 0.341 e. The summed E-state index contributed by atoms with van der Waals surface area (Å²) in [4.78, 5) is 12.3. The molecule has 2 N–H and O–H groups in total. The summed E-state index contributed by atoms with van der Waals surface area (Å²) in [5.41, 5.74) is 3.02. The third-order valence-corrected chi connectivity index (χ3v) is 4.40. The fraction of sp³-hybridized carbons (Fsp3) is 0.200. The van der Waals surface area contributed by atoms with Gasteiger partial charge in [-0.2, -0.15) is 0 Å². The molecule has 0 aliphatic carbocycles. The van der Waals surface area contributed by atoms with Crippen molar-refractivity contribution >= 4 is 42.9 Å². The summed E-state index contributed by atoms with van der Waals surface area (Å²) in [6.45, 7) is 2.76. The average Bonchev–Trinajstić information content (AvgIpc) is 2.90. The van der Waals surface area contributed by atoms with Crippen molar-refractivity contribution in [3.8, 4) is 0 Å². The summed E-state index contributed by atoms with van der Waals surface area (Å²) in [6.07, 6.45) is 1.80. The summed E-state index contributed by atoms with van der Waals surface area (Å²) in [5.74, 6) is 0.935. The van der Waals surface area contributed by atoms with Crippen LogP contribution in [0.1, 0.15) is 24.5 Å². The second-order valence-corrected chi connectivity index (χ2v) is 6.59. The predicted octanol–water partition coefficient (Wildman–Crippen LogP) is 4.33. The number of hydrogen-bond donors (Lipinski definition) is 2. The van der Waals surface area contributed by atoms with Crippen LogP contribution in [0.2, 0.25) is 0 Å². The lowest BCUT2D eigenvalue weighted by molar-refractivity contribution is 0.545. The maximum atomic E-state index is 4.60. The molecule has 21 heavy (non-hydrogen) atoms. The van der Waals surface area contributed by atoms with Crippen LogP contribution in [0.15, 0.2) is 45.5 Å². The molecule has 0 bridgehead atoms. The molecule has 0 fully saturated rings. The predicted molar refractivity (Wildman–Crippen MR) is 91.0 cm³/mol. The van der Waals surface area contributed by atoms with Crippen molar-refractivity contribution in [3.63, 3.8) is 0 Å². The van der Waals surface area contributed by atoms with Gasteiger partial charge in [-0.25, -0.2) is 4.98 Å². The van der Waals surface area contributed by atoms with Crippen LogP contribution in [0.3, 0.4) is 0 Å². The second-order valence-electron chi connectivity index (χ2n) is 4.82. The highest BCUT2D eigenvalue weighted by Gasteiger charge is 2.11. The van der Waals surface area contributed by atoms with Gasteiger partial charge in [-0.05, 0) is 57.0 Å². The molecule has 0 saturated carbocycles. The first-order chi connectivity index (χ1) is 10.1. The Bertz CT molecular complexity index is 736. The smallest absolute Gasteiger partial charge is 0.124 e. The van der Waals surface area contributed by atoms with E-state index in [9.17, 15) is 0 Å². The number of aromatic amines is 1. The van der Waals surface area contributed by atoms with Crippen LogP contribution >= 0.6 is 31.9 Å². The molecule has 3 aromatic rings. The number of nitrogens with one attached hydrogen (secondary N) is 2. The van der Waals surface area contributed by atoms with E-state index in [-0.39, 0.29) is 6.04 Å². The molecule has 2 aromatic heterocycles. The van der Waals surface area contributed by atoms with Gasteiger partial charge >= 0.3 is 0 Å². The van der Waals surface area contributed by atoms with Crippen molar-refractivity contribution in [2.24, 2.45) is 0 Å². The molecule has 0 saturated heterocycles. The summed E-state index contributed by atoms with van der Waals surface area (Å²) in [6, 6.07) is 10.2. The molecular formula is C15H14Br2N4. The summed E-state index contributed by atoms with van der Waals surface area (Å²) >= 11 is 6.93. The highest BCUT2D eigenvalue weighted by molar-refractivity contribution is 9.11. The van der Waals surface area contributed by atoms with Gasteiger partial charge in [-0.3, -0.25) is 4.98 Å². The van der Waals surface area contributed by atoms with Crippen LogP contribution in [0.5, 0.6) is 0 Å². The highest BCUT2D eigenvalue weighted by atomic mass is 79.9. The molecular weight excluding hydrogens is 396 g/mol. The number of imidazole rings is 1. The minimum absolute atomic E-state index is 0.120. The maximum absolute atomic E-state index is 4.60. The molecule has 3 rings (SSSR count). The molecule has 6 heteroatoms. The van der Waals surface area contributed by atoms with E-state index in [1.165, 1.54) is 0 Å². The summed E-state index contributed by atoms with van der Waals surface area (Å²) < 4.78 is 1.95. The Morgan fingerprint density at radius 2 is 2.10 bits per heavy atom. The number of benzene rings is 1. The van der Waals surface area contributed by atoms with E-state index in [1.807, 2.05) is 30.3 Å². The number of rotatable bonds is 4. The fourth-order valence-corrected chi connectivity index (χ4v) is 3.22. The van der Waals surface area contributed by atoms with E-state index in [1.54, 1.807) is 6.20 Å². The van der Waals surface area contributed by atoms with Gasteiger partial charge < -0.3 is 10.3 Å². The van der Waals surface area contributed by atoms with E-state index in [0.29, 0.717) is 6.54 Å². The third kappa shape index (κ3) is 3.33. The summed E-state index contributed by atoms with van der Waals surface area (Å²) in [7, 11) is 0. The Labute approximate surface area is 139 Å². The second kappa shape index (κ2) is 6.25. The lowest BCUT2D eigenvalue weighted by Gasteiger charge is -2.11. The number of fused-ring (bicyclic) bond motifs is 1. The van der Waals surface area contributed by atoms with Gasteiger partial charge in [0.2, 0.25) is 0 Å². The minimum atomic E-state index is 0.120. The first-order valence-corrected chi connectivity index (χ1v) is 8.20. The van der Waals surface area contributed by atoms with E-state index in [2.05, 4.69) is 59.1 Å². The zero-order valence-corrected chi connectivity index (χ0v) is 14.6. The van der Waals surface area contributed by atoms with E-state index in [0.717, 1.165) is 31.5 Å². The lowest BCUT2D eigenvalue weighted by atomic mass is 10.3. The minimum Gasteiger partial charge on any atom is -0.341 e. The van der Waals surface area contributed by atoms with Crippen LogP contribution in [-0.4, -0.2) is 15.0 Å². The highest BCUT2D eigenvalue weighted by Crippen LogP contribution is 2.21.